The van der Waals surface area contributed by atoms with Crippen LogP contribution in [0.2, 0.25) is 10.0 Å². The van der Waals surface area contributed by atoms with Crippen LogP contribution in [0.5, 0.6) is 0 Å². The summed E-state index contributed by atoms with van der Waals surface area (Å²) in [4.78, 5) is 24.0. The Kier molecular flexibility index (Phi) is 8.09. The van der Waals surface area contributed by atoms with E-state index >= 15 is 0 Å². The molecule has 2 N–H and O–H groups in total. The van der Waals surface area contributed by atoms with Crippen LogP contribution < -0.4 is 10.7 Å². The highest BCUT2D eigenvalue weighted by Crippen LogP contribution is 2.28. The molecule has 1 aromatic heterocycles. The molecule has 0 aliphatic carbocycles. The summed E-state index contributed by atoms with van der Waals surface area (Å²) in [5.41, 5.74) is 7.02. The third-order valence-corrected chi connectivity index (χ3v) is 5.45. The second-order valence-corrected chi connectivity index (χ2v) is 8.16. The van der Waals surface area contributed by atoms with Crippen LogP contribution >= 0.6 is 23.2 Å². The van der Waals surface area contributed by atoms with E-state index in [2.05, 4.69) is 15.8 Å². The number of aromatic nitrogens is 1. The molecule has 0 saturated heterocycles. The van der Waals surface area contributed by atoms with Crippen LogP contribution in [-0.2, 0) is 16.0 Å². The fourth-order valence-corrected chi connectivity index (χ4v) is 3.86. The molecule has 32 heavy (non-hydrogen) atoms. The Morgan fingerprint density at radius 1 is 1.03 bits per heavy atom. The molecule has 0 atom stereocenters. The number of hydrogen-bond donors (Lipinski definition) is 2. The standard InChI is InChI=1S/C24H24Cl2N4O2/c1-16-12-19(17(2)30(16)22-9-8-20(25)13-21(22)26)15-28-29-24(32)14-23(31)27-11-10-18-6-4-3-5-7-18/h3-9,12-13,15H,10-11,14H2,1-2H3,(H,27,31)(H,29,32)/b28-15+. The normalized spacial score (nSPS) is 11.0. The van der Waals surface area contributed by atoms with Crippen LogP contribution in [0, 0.1) is 13.8 Å². The zero-order valence-corrected chi connectivity index (χ0v) is 19.4. The quantitative estimate of drug-likeness (QED) is 0.286. The first-order chi connectivity index (χ1) is 15.3. The van der Waals surface area contributed by atoms with E-state index in [-0.39, 0.29) is 12.3 Å². The fraction of sp³-hybridized carbons (Fsp3) is 0.208. The first kappa shape index (κ1) is 23.6. The average Bonchev–Trinajstić information content (AvgIpc) is 3.02. The Hall–Kier alpha value is -3.09. The number of nitrogens with one attached hydrogen (secondary N) is 2. The fourth-order valence-electron chi connectivity index (χ4n) is 3.36. The molecule has 0 aliphatic rings. The molecule has 8 heteroatoms. The number of rotatable bonds is 8. The second kappa shape index (κ2) is 11.0. The van der Waals surface area contributed by atoms with Crippen molar-refractivity contribution in [3.05, 3.63) is 87.2 Å². The Bertz CT molecular complexity index is 1140. The predicted molar refractivity (Wildman–Crippen MR) is 129 cm³/mol. The first-order valence-corrected chi connectivity index (χ1v) is 10.9. The molecule has 0 saturated carbocycles. The van der Waals surface area contributed by atoms with E-state index in [0.29, 0.717) is 23.0 Å². The summed E-state index contributed by atoms with van der Waals surface area (Å²) >= 11 is 12.3. The minimum absolute atomic E-state index is 0.286. The Morgan fingerprint density at radius 2 is 1.78 bits per heavy atom. The molecule has 6 nitrogen and oxygen atoms in total. The molecule has 3 rings (SSSR count). The molecule has 0 fully saturated rings. The van der Waals surface area contributed by atoms with Crippen molar-refractivity contribution in [1.29, 1.82) is 0 Å². The van der Waals surface area contributed by atoms with Gasteiger partial charge in [0.1, 0.15) is 6.42 Å². The molecular formula is C24H24Cl2N4O2. The summed E-state index contributed by atoms with van der Waals surface area (Å²) in [6.07, 6.45) is 1.97. The van der Waals surface area contributed by atoms with Crippen LogP contribution in [0.15, 0.2) is 59.7 Å². The van der Waals surface area contributed by atoms with E-state index in [1.807, 2.05) is 60.9 Å². The van der Waals surface area contributed by atoms with Gasteiger partial charge in [0.05, 0.1) is 16.9 Å². The van der Waals surface area contributed by atoms with Crippen LogP contribution in [0.3, 0.4) is 0 Å². The lowest BCUT2D eigenvalue weighted by atomic mass is 10.1. The zero-order valence-electron chi connectivity index (χ0n) is 17.9. The summed E-state index contributed by atoms with van der Waals surface area (Å²) in [5, 5.41) is 7.84. The van der Waals surface area contributed by atoms with Gasteiger partial charge in [0.2, 0.25) is 11.8 Å². The topological polar surface area (TPSA) is 75.5 Å². The van der Waals surface area contributed by atoms with Crippen molar-refractivity contribution < 1.29 is 9.59 Å². The average molecular weight is 471 g/mol. The number of nitrogens with zero attached hydrogens (tertiary/aromatic N) is 2. The minimum Gasteiger partial charge on any atom is -0.355 e. The number of carbonyl (C=O) groups excluding carboxylic acids is 2. The van der Waals surface area contributed by atoms with Crippen molar-refractivity contribution in [2.75, 3.05) is 6.54 Å². The summed E-state index contributed by atoms with van der Waals surface area (Å²) in [7, 11) is 0. The van der Waals surface area contributed by atoms with Gasteiger partial charge < -0.3 is 9.88 Å². The van der Waals surface area contributed by atoms with Crippen molar-refractivity contribution in [1.82, 2.24) is 15.3 Å². The van der Waals surface area contributed by atoms with E-state index in [4.69, 9.17) is 23.2 Å². The van der Waals surface area contributed by atoms with Gasteiger partial charge in [0.15, 0.2) is 0 Å². The molecule has 1 heterocycles. The van der Waals surface area contributed by atoms with Crippen LogP contribution in [0.1, 0.15) is 28.9 Å². The summed E-state index contributed by atoms with van der Waals surface area (Å²) in [5.74, 6) is -0.822. The molecule has 2 amide bonds. The minimum atomic E-state index is -0.479. The molecule has 0 aliphatic heterocycles. The maximum atomic E-state index is 12.0. The predicted octanol–water partition coefficient (Wildman–Crippen LogP) is 4.60. The number of benzene rings is 2. The van der Waals surface area contributed by atoms with Crippen molar-refractivity contribution in [2.45, 2.75) is 26.7 Å². The van der Waals surface area contributed by atoms with Gasteiger partial charge in [0.25, 0.3) is 0 Å². The molecular weight excluding hydrogens is 447 g/mol. The SMILES string of the molecule is Cc1cc(/C=N/NC(=O)CC(=O)NCCc2ccccc2)c(C)n1-c1ccc(Cl)cc1Cl. The Labute approximate surface area is 197 Å². The maximum Gasteiger partial charge on any atom is 0.249 e. The van der Waals surface area contributed by atoms with Crippen molar-refractivity contribution >= 4 is 41.2 Å². The summed E-state index contributed by atoms with van der Waals surface area (Å²) in [6, 6.07) is 17.1. The number of carbonyl (C=O) groups is 2. The van der Waals surface area contributed by atoms with E-state index in [0.717, 1.165) is 28.2 Å². The zero-order chi connectivity index (χ0) is 23.1. The summed E-state index contributed by atoms with van der Waals surface area (Å²) < 4.78 is 1.99. The lowest BCUT2D eigenvalue weighted by Crippen LogP contribution is -2.31. The third-order valence-electron chi connectivity index (χ3n) is 4.91. The van der Waals surface area contributed by atoms with Crippen molar-refractivity contribution in [2.24, 2.45) is 5.10 Å². The first-order valence-electron chi connectivity index (χ1n) is 10.1. The van der Waals surface area contributed by atoms with Gasteiger partial charge >= 0.3 is 0 Å². The number of halogens is 2. The molecule has 166 valence electrons. The highest BCUT2D eigenvalue weighted by Gasteiger charge is 2.13. The Morgan fingerprint density at radius 3 is 2.50 bits per heavy atom. The van der Waals surface area contributed by atoms with Gasteiger partial charge in [-0.1, -0.05) is 53.5 Å². The largest absolute Gasteiger partial charge is 0.355 e. The van der Waals surface area contributed by atoms with Gasteiger partial charge in [-0.3, -0.25) is 9.59 Å². The molecule has 0 unspecified atom stereocenters. The van der Waals surface area contributed by atoms with Crippen molar-refractivity contribution in [3.63, 3.8) is 0 Å². The second-order valence-electron chi connectivity index (χ2n) is 7.31. The molecule has 0 radical (unpaired) electrons. The van der Waals surface area contributed by atoms with E-state index < -0.39 is 5.91 Å². The highest BCUT2D eigenvalue weighted by molar-refractivity contribution is 6.35. The lowest BCUT2D eigenvalue weighted by molar-refractivity contribution is -0.129. The van der Waals surface area contributed by atoms with E-state index in [9.17, 15) is 9.59 Å². The van der Waals surface area contributed by atoms with Crippen LogP contribution in [-0.4, -0.2) is 29.1 Å². The number of amides is 2. The monoisotopic (exact) mass is 470 g/mol. The number of hydrazone groups is 1. The molecule has 0 bridgehead atoms. The van der Waals surface area contributed by atoms with Crippen molar-refractivity contribution in [3.8, 4) is 5.69 Å². The van der Waals surface area contributed by atoms with Gasteiger partial charge in [0, 0.05) is 28.5 Å². The molecule has 0 spiro atoms. The van der Waals surface area contributed by atoms with Gasteiger partial charge in [-0.15, -0.1) is 0 Å². The van der Waals surface area contributed by atoms with Crippen LogP contribution in [0.4, 0.5) is 0 Å². The molecule has 3 aromatic rings. The maximum absolute atomic E-state index is 12.0. The van der Waals surface area contributed by atoms with Crippen LogP contribution in [0.25, 0.3) is 5.69 Å². The van der Waals surface area contributed by atoms with Gasteiger partial charge in [-0.05, 0) is 50.1 Å². The van der Waals surface area contributed by atoms with Gasteiger partial charge in [-0.2, -0.15) is 5.10 Å². The van der Waals surface area contributed by atoms with Gasteiger partial charge in [-0.25, -0.2) is 5.43 Å². The lowest BCUT2D eigenvalue weighted by Gasteiger charge is -2.11. The number of aryl methyl sites for hydroxylation is 1. The van der Waals surface area contributed by atoms with E-state index in [1.54, 1.807) is 18.3 Å². The van der Waals surface area contributed by atoms with E-state index in [1.165, 1.54) is 0 Å². The summed E-state index contributed by atoms with van der Waals surface area (Å²) in [6.45, 7) is 4.35. The number of hydrogen-bond acceptors (Lipinski definition) is 3. The third kappa shape index (κ3) is 6.22. The smallest absolute Gasteiger partial charge is 0.249 e. The molecule has 2 aromatic carbocycles. The highest BCUT2D eigenvalue weighted by atomic mass is 35.5. The Balaban J connectivity index is 1.53.